The molecule has 18 heavy (non-hydrogen) atoms. The van der Waals surface area contributed by atoms with Gasteiger partial charge in [0.1, 0.15) is 6.04 Å². The lowest BCUT2D eigenvalue weighted by molar-refractivity contribution is -0.140. The molecule has 0 aliphatic carbocycles. The van der Waals surface area contributed by atoms with E-state index in [4.69, 9.17) is 9.84 Å². The van der Waals surface area contributed by atoms with Crippen molar-refractivity contribution in [3.8, 4) is 0 Å². The number of sulfonamides is 1. The highest BCUT2D eigenvalue weighted by molar-refractivity contribution is 7.89. The van der Waals surface area contributed by atoms with Crippen molar-refractivity contribution in [2.75, 3.05) is 25.5 Å². The largest absolute Gasteiger partial charge is 0.480 e. The molecule has 1 aliphatic rings. The summed E-state index contributed by atoms with van der Waals surface area (Å²) in [5, 5.41) is 8.99. The fourth-order valence-electron chi connectivity index (χ4n) is 2.14. The molecule has 1 heterocycles. The lowest BCUT2D eigenvalue weighted by atomic mass is 10.2. The number of carbonyl (C=O) groups is 1. The topological polar surface area (TPSA) is 83.9 Å². The van der Waals surface area contributed by atoms with Gasteiger partial charge in [-0.1, -0.05) is 6.92 Å². The van der Waals surface area contributed by atoms with Crippen LogP contribution in [0.2, 0.25) is 0 Å². The van der Waals surface area contributed by atoms with Crippen LogP contribution in [-0.2, 0) is 19.6 Å². The SMILES string of the molecule is CCOCC(C)CS(=O)(=O)N1CCC[C@@H]1C(=O)O. The molecule has 0 spiro atoms. The second-order valence-corrected chi connectivity index (χ2v) is 6.62. The Labute approximate surface area is 108 Å². The van der Waals surface area contributed by atoms with Crippen molar-refractivity contribution in [2.24, 2.45) is 5.92 Å². The van der Waals surface area contributed by atoms with Gasteiger partial charge in [0.2, 0.25) is 10.0 Å². The summed E-state index contributed by atoms with van der Waals surface area (Å²) in [6, 6.07) is -0.894. The van der Waals surface area contributed by atoms with Gasteiger partial charge in [0.15, 0.2) is 0 Å². The first kappa shape index (κ1) is 15.4. The Kier molecular flexibility index (Phi) is 5.55. The number of hydrogen-bond acceptors (Lipinski definition) is 4. The number of carboxylic acids is 1. The minimum Gasteiger partial charge on any atom is -0.480 e. The minimum absolute atomic E-state index is 0.0587. The maximum Gasteiger partial charge on any atom is 0.322 e. The summed E-state index contributed by atoms with van der Waals surface area (Å²) in [4.78, 5) is 11.0. The zero-order valence-electron chi connectivity index (χ0n) is 10.8. The van der Waals surface area contributed by atoms with Crippen LogP contribution in [0.3, 0.4) is 0 Å². The van der Waals surface area contributed by atoms with E-state index in [1.165, 1.54) is 0 Å². The van der Waals surface area contributed by atoms with Crippen molar-refractivity contribution in [1.82, 2.24) is 4.31 Å². The van der Waals surface area contributed by atoms with Gasteiger partial charge in [0, 0.05) is 13.2 Å². The molecule has 0 aromatic rings. The molecule has 1 N–H and O–H groups in total. The fraction of sp³-hybridized carbons (Fsp3) is 0.909. The minimum atomic E-state index is -3.51. The third-order valence-electron chi connectivity index (χ3n) is 2.95. The Balaban J connectivity index is 2.65. The van der Waals surface area contributed by atoms with Crippen LogP contribution in [0.1, 0.15) is 26.7 Å². The molecule has 0 aromatic carbocycles. The normalized spacial score (nSPS) is 23.1. The van der Waals surface area contributed by atoms with Crippen LogP contribution < -0.4 is 0 Å². The van der Waals surface area contributed by atoms with Gasteiger partial charge in [-0.15, -0.1) is 0 Å². The molecule has 6 nitrogen and oxygen atoms in total. The molecular weight excluding hydrogens is 258 g/mol. The summed E-state index contributed by atoms with van der Waals surface area (Å²) in [5.41, 5.74) is 0. The van der Waals surface area contributed by atoms with Crippen LogP contribution in [0.4, 0.5) is 0 Å². The van der Waals surface area contributed by atoms with Gasteiger partial charge < -0.3 is 9.84 Å². The standard InChI is InChI=1S/C11H21NO5S/c1-3-17-7-9(2)8-18(15,16)12-6-4-5-10(12)11(13)14/h9-10H,3-8H2,1-2H3,(H,13,14)/t9?,10-/m1/s1. The average Bonchev–Trinajstić information content (AvgIpc) is 2.75. The van der Waals surface area contributed by atoms with E-state index in [1.54, 1.807) is 6.92 Å². The molecular formula is C11H21NO5S. The van der Waals surface area contributed by atoms with Crippen molar-refractivity contribution < 1.29 is 23.1 Å². The zero-order valence-corrected chi connectivity index (χ0v) is 11.6. The highest BCUT2D eigenvalue weighted by atomic mass is 32.2. The molecule has 106 valence electrons. The van der Waals surface area contributed by atoms with E-state index in [9.17, 15) is 13.2 Å². The second-order valence-electron chi connectivity index (χ2n) is 4.65. The molecule has 0 bridgehead atoms. The summed E-state index contributed by atoms with van der Waals surface area (Å²) in [5.74, 6) is -1.25. The van der Waals surface area contributed by atoms with Crippen LogP contribution in [0.15, 0.2) is 0 Å². The Morgan fingerprint density at radius 1 is 1.56 bits per heavy atom. The maximum absolute atomic E-state index is 12.1. The van der Waals surface area contributed by atoms with Gasteiger partial charge in [-0.05, 0) is 25.7 Å². The third-order valence-corrected chi connectivity index (χ3v) is 5.09. The molecule has 2 atom stereocenters. The second kappa shape index (κ2) is 6.49. The molecule has 7 heteroatoms. The molecule has 1 unspecified atom stereocenters. The monoisotopic (exact) mass is 279 g/mol. The van der Waals surface area contributed by atoms with Crippen molar-refractivity contribution in [3.63, 3.8) is 0 Å². The first-order valence-electron chi connectivity index (χ1n) is 6.18. The van der Waals surface area contributed by atoms with E-state index in [1.807, 2.05) is 6.92 Å². The number of hydrogen-bond donors (Lipinski definition) is 1. The van der Waals surface area contributed by atoms with E-state index >= 15 is 0 Å². The molecule has 1 aliphatic heterocycles. The van der Waals surface area contributed by atoms with Crippen LogP contribution in [-0.4, -0.2) is 55.4 Å². The van der Waals surface area contributed by atoms with Gasteiger partial charge in [0.25, 0.3) is 0 Å². The third kappa shape index (κ3) is 3.93. The molecule has 1 fully saturated rings. The van der Waals surface area contributed by atoms with E-state index in [2.05, 4.69) is 0 Å². The molecule has 0 saturated carbocycles. The van der Waals surface area contributed by atoms with Gasteiger partial charge in [-0.3, -0.25) is 4.79 Å². The first-order valence-corrected chi connectivity index (χ1v) is 7.79. The summed E-state index contributed by atoms with van der Waals surface area (Å²) in [7, 11) is -3.51. The molecule has 0 amide bonds. The molecule has 1 rings (SSSR count). The highest BCUT2D eigenvalue weighted by Crippen LogP contribution is 2.22. The maximum atomic E-state index is 12.1. The smallest absolute Gasteiger partial charge is 0.322 e. The van der Waals surface area contributed by atoms with Gasteiger partial charge >= 0.3 is 5.97 Å². The van der Waals surface area contributed by atoms with Crippen LogP contribution in [0, 0.1) is 5.92 Å². The Morgan fingerprint density at radius 2 is 2.22 bits per heavy atom. The number of aliphatic carboxylic acids is 1. The van der Waals surface area contributed by atoms with Crippen molar-refractivity contribution in [2.45, 2.75) is 32.7 Å². The van der Waals surface area contributed by atoms with E-state index < -0.39 is 22.0 Å². The summed E-state index contributed by atoms with van der Waals surface area (Å²) < 4.78 is 30.6. The number of ether oxygens (including phenoxy) is 1. The number of nitrogens with zero attached hydrogens (tertiary/aromatic N) is 1. The van der Waals surface area contributed by atoms with E-state index in [0.29, 0.717) is 32.6 Å². The lowest BCUT2D eigenvalue weighted by Gasteiger charge is -2.22. The summed E-state index contributed by atoms with van der Waals surface area (Å²) in [6.07, 6.45) is 1.00. The predicted octanol–water partition coefficient (Wildman–Crippen LogP) is 0.538. The zero-order chi connectivity index (χ0) is 13.8. The van der Waals surface area contributed by atoms with Crippen LogP contribution in [0.25, 0.3) is 0 Å². The predicted molar refractivity (Wildman–Crippen MR) is 66.8 cm³/mol. The average molecular weight is 279 g/mol. The van der Waals surface area contributed by atoms with Crippen molar-refractivity contribution >= 4 is 16.0 Å². The summed E-state index contributed by atoms with van der Waals surface area (Å²) >= 11 is 0. The fourth-order valence-corrected chi connectivity index (χ4v) is 4.14. The molecule has 0 aromatic heterocycles. The van der Waals surface area contributed by atoms with E-state index in [-0.39, 0.29) is 11.7 Å². The van der Waals surface area contributed by atoms with Crippen molar-refractivity contribution in [3.05, 3.63) is 0 Å². The van der Waals surface area contributed by atoms with Gasteiger partial charge in [-0.25, -0.2) is 8.42 Å². The van der Waals surface area contributed by atoms with E-state index in [0.717, 1.165) is 4.31 Å². The number of carboxylic acid groups (broad SMARTS) is 1. The Morgan fingerprint density at radius 3 is 2.78 bits per heavy atom. The Bertz CT molecular complexity index is 381. The molecule has 0 radical (unpaired) electrons. The van der Waals surface area contributed by atoms with Gasteiger partial charge in [0.05, 0.1) is 12.4 Å². The van der Waals surface area contributed by atoms with Crippen molar-refractivity contribution in [1.29, 1.82) is 0 Å². The highest BCUT2D eigenvalue weighted by Gasteiger charge is 2.38. The quantitative estimate of drug-likeness (QED) is 0.735. The number of rotatable bonds is 7. The van der Waals surface area contributed by atoms with Crippen LogP contribution in [0.5, 0.6) is 0 Å². The molecule has 1 saturated heterocycles. The lowest BCUT2D eigenvalue weighted by Crippen LogP contribution is -2.42. The summed E-state index contributed by atoms with van der Waals surface area (Å²) in [6.45, 7) is 4.87. The van der Waals surface area contributed by atoms with Crippen LogP contribution >= 0.6 is 0 Å². The van der Waals surface area contributed by atoms with Gasteiger partial charge in [-0.2, -0.15) is 4.31 Å². The first-order chi connectivity index (χ1) is 8.38. The Hall–Kier alpha value is -0.660.